The number of carbonyl (C=O) groups excluding carboxylic acids is 1. The maximum atomic E-state index is 14.1. The second-order valence-corrected chi connectivity index (χ2v) is 7.49. The summed E-state index contributed by atoms with van der Waals surface area (Å²) in [5, 5.41) is 1.27. The van der Waals surface area contributed by atoms with Crippen LogP contribution in [-0.2, 0) is 17.9 Å². The minimum absolute atomic E-state index is 0.0256. The summed E-state index contributed by atoms with van der Waals surface area (Å²) < 4.78 is 29.4. The maximum absolute atomic E-state index is 14.1. The van der Waals surface area contributed by atoms with E-state index in [0.717, 1.165) is 0 Å². The largest absolute Gasteiger partial charge is 0.395 e. The molecule has 0 fully saturated rings. The number of nitrogens with zero attached hydrogens (tertiary/aromatic N) is 4. The van der Waals surface area contributed by atoms with Crippen molar-refractivity contribution in [3.63, 3.8) is 0 Å². The number of hydrogen-bond donors (Lipinski definition) is 2. The van der Waals surface area contributed by atoms with Crippen LogP contribution in [0.1, 0.15) is 5.82 Å². The highest BCUT2D eigenvalue weighted by atomic mass is 35.5. The van der Waals surface area contributed by atoms with Gasteiger partial charge in [-0.3, -0.25) is 9.80 Å². The van der Waals surface area contributed by atoms with Crippen LogP contribution in [0.15, 0.2) is 54.7 Å². The molecule has 1 amide bonds. The fourth-order valence-corrected chi connectivity index (χ4v) is 3.61. The van der Waals surface area contributed by atoms with Gasteiger partial charge in [0.25, 0.3) is 5.91 Å². The Morgan fingerprint density at radius 1 is 1.16 bits per heavy atom. The Hall–Kier alpha value is -3.43. The van der Waals surface area contributed by atoms with Crippen LogP contribution in [0.2, 0.25) is 5.02 Å². The molecule has 0 aliphatic carbocycles. The van der Waals surface area contributed by atoms with E-state index in [9.17, 15) is 13.6 Å². The third-order valence-corrected chi connectivity index (χ3v) is 5.34. The summed E-state index contributed by atoms with van der Waals surface area (Å²) in [5.74, 6) is 6.04. The number of benzene rings is 2. The lowest BCUT2D eigenvalue weighted by Crippen LogP contribution is -2.41. The van der Waals surface area contributed by atoms with Gasteiger partial charge in [0, 0.05) is 24.7 Å². The van der Waals surface area contributed by atoms with Gasteiger partial charge in [0.15, 0.2) is 5.82 Å². The van der Waals surface area contributed by atoms with Crippen LogP contribution in [-0.4, -0.2) is 26.9 Å². The molecule has 0 saturated heterocycles. The quantitative estimate of drug-likeness (QED) is 0.366. The number of hydrazine groups is 1. The first-order chi connectivity index (χ1) is 14.8. The predicted octanol–water partition coefficient (Wildman–Crippen LogP) is 3.31. The van der Waals surface area contributed by atoms with Crippen molar-refractivity contribution in [2.24, 2.45) is 11.6 Å². The molecule has 1 aromatic heterocycles. The summed E-state index contributed by atoms with van der Waals surface area (Å²) in [5.41, 5.74) is 6.93. The molecular weight excluding hydrogens is 426 g/mol. The third kappa shape index (κ3) is 3.85. The van der Waals surface area contributed by atoms with Crippen molar-refractivity contribution in [3.8, 4) is 11.3 Å². The molecule has 1 aliphatic heterocycles. The van der Waals surface area contributed by atoms with Gasteiger partial charge in [0.05, 0.1) is 23.0 Å². The van der Waals surface area contributed by atoms with Crippen molar-refractivity contribution in [2.75, 3.05) is 11.6 Å². The number of aromatic nitrogens is 2. The maximum Gasteiger partial charge on any atom is 0.269 e. The number of anilines is 2. The zero-order valence-electron chi connectivity index (χ0n) is 16.4. The van der Waals surface area contributed by atoms with Crippen LogP contribution in [0.4, 0.5) is 20.3 Å². The number of rotatable bonds is 4. The first-order valence-electron chi connectivity index (χ1n) is 9.35. The first-order valence-corrected chi connectivity index (χ1v) is 9.73. The number of halogens is 3. The smallest absolute Gasteiger partial charge is 0.269 e. The molecule has 160 valence electrons. The molecule has 0 atom stereocenters. The molecule has 4 N–H and O–H groups in total. The monoisotopic (exact) mass is 444 g/mol. The summed E-state index contributed by atoms with van der Waals surface area (Å²) in [6.45, 7) is 4.42. The molecule has 3 aromatic rings. The van der Waals surface area contributed by atoms with Gasteiger partial charge < -0.3 is 15.2 Å². The first kappa shape index (κ1) is 20.8. The van der Waals surface area contributed by atoms with Crippen molar-refractivity contribution < 1.29 is 13.6 Å². The van der Waals surface area contributed by atoms with Gasteiger partial charge in [0.1, 0.15) is 23.2 Å². The number of amides is 1. The van der Waals surface area contributed by atoms with Gasteiger partial charge >= 0.3 is 0 Å². The highest BCUT2D eigenvalue weighted by Gasteiger charge is 2.29. The zero-order chi connectivity index (χ0) is 22.3. The van der Waals surface area contributed by atoms with Gasteiger partial charge in [-0.2, -0.15) is 0 Å². The number of carbonyl (C=O) groups is 1. The minimum atomic E-state index is -0.616. The SMILES string of the molecule is C=C(N)C(=O)N1CCn2c(nc(-c3ccc(F)cc3)c2N(N)c2ccc(Cl)c(F)c2)C1. The number of imidazole rings is 1. The average molecular weight is 445 g/mol. The van der Waals surface area contributed by atoms with E-state index in [2.05, 4.69) is 11.6 Å². The van der Waals surface area contributed by atoms with Crippen LogP contribution in [0.25, 0.3) is 11.3 Å². The summed E-state index contributed by atoms with van der Waals surface area (Å²) in [6.07, 6.45) is 0. The van der Waals surface area contributed by atoms with Crippen molar-refractivity contribution in [2.45, 2.75) is 13.1 Å². The number of hydrogen-bond acceptors (Lipinski definition) is 5. The minimum Gasteiger partial charge on any atom is -0.395 e. The lowest BCUT2D eigenvalue weighted by Gasteiger charge is -2.30. The third-order valence-electron chi connectivity index (χ3n) is 5.03. The molecule has 4 rings (SSSR count). The molecule has 31 heavy (non-hydrogen) atoms. The molecule has 0 radical (unpaired) electrons. The molecule has 10 heteroatoms. The molecule has 0 unspecified atom stereocenters. The number of fused-ring (bicyclic) bond motifs is 1. The highest BCUT2D eigenvalue weighted by Crippen LogP contribution is 2.36. The molecule has 0 spiro atoms. The summed E-state index contributed by atoms with van der Waals surface area (Å²) >= 11 is 5.80. The van der Waals surface area contributed by atoms with E-state index in [0.29, 0.717) is 41.7 Å². The molecule has 0 bridgehead atoms. The Morgan fingerprint density at radius 3 is 2.52 bits per heavy atom. The summed E-state index contributed by atoms with van der Waals surface area (Å²) in [6, 6.07) is 9.99. The normalized spacial score (nSPS) is 13.1. The van der Waals surface area contributed by atoms with Crippen LogP contribution in [0, 0.1) is 11.6 Å². The lowest BCUT2D eigenvalue weighted by molar-refractivity contribution is -0.128. The van der Waals surface area contributed by atoms with E-state index < -0.39 is 11.6 Å². The molecular formula is C21H19ClF2N6O. The van der Waals surface area contributed by atoms with Gasteiger partial charge in [-0.1, -0.05) is 18.2 Å². The topological polar surface area (TPSA) is 93.4 Å². The Kier molecular flexibility index (Phi) is 5.38. The van der Waals surface area contributed by atoms with Crippen LogP contribution >= 0.6 is 11.6 Å². The van der Waals surface area contributed by atoms with E-state index in [1.165, 1.54) is 34.2 Å². The number of nitrogens with two attached hydrogens (primary N) is 2. The fourth-order valence-electron chi connectivity index (χ4n) is 3.49. The molecule has 1 aliphatic rings. The van der Waals surface area contributed by atoms with E-state index in [1.54, 1.807) is 18.2 Å². The Labute approximate surface area is 182 Å². The van der Waals surface area contributed by atoms with Crippen molar-refractivity contribution in [3.05, 3.63) is 77.2 Å². The Balaban J connectivity index is 1.82. The summed E-state index contributed by atoms with van der Waals surface area (Å²) in [4.78, 5) is 18.5. The van der Waals surface area contributed by atoms with E-state index >= 15 is 0 Å². The Bertz CT molecular complexity index is 1180. The second kappa shape index (κ2) is 8.01. The molecule has 0 saturated carbocycles. The van der Waals surface area contributed by atoms with Crippen LogP contribution < -0.4 is 16.6 Å². The van der Waals surface area contributed by atoms with Crippen LogP contribution in [0.3, 0.4) is 0 Å². The van der Waals surface area contributed by atoms with Crippen molar-refractivity contribution in [1.82, 2.24) is 14.5 Å². The van der Waals surface area contributed by atoms with E-state index in [1.807, 2.05) is 4.57 Å². The average Bonchev–Trinajstić information content (AvgIpc) is 3.13. The lowest BCUT2D eigenvalue weighted by atomic mass is 10.1. The van der Waals surface area contributed by atoms with Crippen molar-refractivity contribution in [1.29, 1.82) is 0 Å². The molecule has 7 nitrogen and oxygen atoms in total. The van der Waals surface area contributed by atoms with Gasteiger partial charge in [-0.25, -0.2) is 19.6 Å². The van der Waals surface area contributed by atoms with Crippen LogP contribution in [0.5, 0.6) is 0 Å². The van der Waals surface area contributed by atoms with Gasteiger partial charge in [0.2, 0.25) is 0 Å². The molecule has 2 heterocycles. The van der Waals surface area contributed by atoms with E-state index in [4.69, 9.17) is 23.2 Å². The second-order valence-electron chi connectivity index (χ2n) is 7.08. The summed E-state index contributed by atoms with van der Waals surface area (Å²) in [7, 11) is 0. The molecule has 2 aromatic carbocycles. The van der Waals surface area contributed by atoms with Gasteiger partial charge in [-0.05, 0) is 36.4 Å². The Morgan fingerprint density at radius 2 is 1.87 bits per heavy atom. The van der Waals surface area contributed by atoms with Crippen molar-refractivity contribution >= 4 is 29.0 Å². The van der Waals surface area contributed by atoms with Gasteiger partial charge in [-0.15, -0.1) is 0 Å². The fraction of sp³-hybridized carbons (Fsp3) is 0.143. The van der Waals surface area contributed by atoms with E-state index in [-0.39, 0.29) is 23.2 Å². The standard InChI is InChI=1S/C21H19ClF2N6O/c1-12(25)21(31)28-8-9-29-18(11-28)27-19(13-2-4-14(23)5-3-13)20(29)30(26)15-6-7-16(22)17(24)10-15/h2-7,10H,1,8-9,11,25-26H2. The zero-order valence-corrected chi connectivity index (χ0v) is 17.1. The highest BCUT2D eigenvalue weighted by molar-refractivity contribution is 6.30. The predicted molar refractivity (Wildman–Crippen MR) is 114 cm³/mol.